The number of aryl methyl sites for hydroxylation is 1. The van der Waals surface area contributed by atoms with Crippen LogP contribution in [0.2, 0.25) is 0 Å². The van der Waals surface area contributed by atoms with E-state index in [1.165, 1.54) is 0 Å². The number of nitrogens with zero attached hydrogens (tertiary/aromatic N) is 2. The van der Waals surface area contributed by atoms with Gasteiger partial charge in [0.05, 0.1) is 6.54 Å². The van der Waals surface area contributed by atoms with Crippen LogP contribution in [0.25, 0.3) is 0 Å². The molecule has 1 heterocycles. The van der Waals surface area contributed by atoms with Gasteiger partial charge in [-0.3, -0.25) is 0 Å². The summed E-state index contributed by atoms with van der Waals surface area (Å²) in [6, 6.07) is 0. The third-order valence-electron chi connectivity index (χ3n) is 1.35. The van der Waals surface area contributed by atoms with E-state index in [-0.39, 0.29) is 5.54 Å². The lowest BCUT2D eigenvalue weighted by molar-refractivity contribution is 0.374. The first-order chi connectivity index (χ1) is 5.47. The zero-order valence-corrected chi connectivity index (χ0v) is 8.01. The highest BCUT2D eigenvalue weighted by atomic mass is 16.5. The molecule has 0 aliphatic carbocycles. The highest BCUT2D eigenvalue weighted by Crippen LogP contribution is 2.01. The third-order valence-corrected chi connectivity index (χ3v) is 1.35. The normalized spacial score (nSPS) is 12.0. The van der Waals surface area contributed by atoms with Gasteiger partial charge in [0, 0.05) is 12.5 Å². The van der Waals surface area contributed by atoms with Crippen molar-refractivity contribution in [3.05, 3.63) is 11.7 Å². The quantitative estimate of drug-likeness (QED) is 0.724. The molecular formula is C8H15N3O. The summed E-state index contributed by atoms with van der Waals surface area (Å²) < 4.78 is 4.83. The van der Waals surface area contributed by atoms with E-state index in [2.05, 4.69) is 36.2 Å². The Morgan fingerprint density at radius 1 is 1.42 bits per heavy atom. The molecule has 68 valence electrons. The minimum absolute atomic E-state index is 0.0918. The fourth-order valence-corrected chi connectivity index (χ4v) is 0.757. The number of hydrogen-bond donors (Lipinski definition) is 1. The summed E-state index contributed by atoms with van der Waals surface area (Å²) in [5, 5.41) is 7.04. The van der Waals surface area contributed by atoms with Crippen LogP contribution in [0.5, 0.6) is 0 Å². The first-order valence-corrected chi connectivity index (χ1v) is 4.01. The van der Waals surface area contributed by atoms with E-state index in [0.29, 0.717) is 18.3 Å². The first-order valence-electron chi connectivity index (χ1n) is 4.01. The average molecular weight is 169 g/mol. The molecule has 0 aromatic carbocycles. The molecule has 0 atom stereocenters. The van der Waals surface area contributed by atoms with Crippen molar-refractivity contribution in [3.63, 3.8) is 0 Å². The van der Waals surface area contributed by atoms with Crippen molar-refractivity contribution in [2.24, 2.45) is 0 Å². The summed E-state index contributed by atoms with van der Waals surface area (Å²) in [6.07, 6.45) is 0. The Bertz CT molecular complexity index is 249. The lowest BCUT2D eigenvalue weighted by Gasteiger charge is -2.18. The summed E-state index contributed by atoms with van der Waals surface area (Å²) >= 11 is 0. The van der Waals surface area contributed by atoms with Crippen molar-refractivity contribution in [2.75, 3.05) is 0 Å². The Labute approximate surface area is 72.4 Å². The van der Waals surface area contributed by atoms with Gasteiger partial charge in [-0.05, 0) is 20.8 Å². The maximum absolute atomic E-state index is 4.83. The van der Waals surface area contributed by atoms with Crippen LogP contribution in [0, 0.1) is 6.92 Å². The van der Waals surface area contributed by atoms with Crippen LogP contribution in [-0.2, 0) is 6.54 Å². The maximum Gasteiger partial charge on any atom is 0.223 e. The molecule has 0 saturated carbocycles. The molecule has 1 aromatic heterocycles. The fraction of sp³-hybridized carbons (Fsp3) is 0.750. The molecule has 0 bridgehead atoms. The standard InChI is InChI=1S/C8H15N3O/c1-6-10-7(11-12-6)5-9-8(2,3)4/h9H,5H2,1-4H3. The number of rotatable bonds is 2. The summed E-state index contributed by atoms with van der Waals surface area (Å²) in [5.41, 5.74) is 0.0918. The molecule has 0 aliphatic rings. The molecule has 0 aliphatic heterocycles. The van der Waals surface area contributed by atoms with Gasteiger partial charge in [0.2, 0.25) is 5.89 Å². The van der Waals surface area contributed by atoms with Gasteiger partial charge in [0.15, 0.2) is 5.82 Å². The predicted molar refractivity (Wildman–Crippen MR) is 45.6 cm³/mol. The van der Waals surface area contributed by atoms with Crippen molar-refractivity contribution in [3.8, 4) is 0 Å². The van der Waals surface area contributed by atoms with Gasteiger partial charge < -0.3 is 9.84 Å². The molecule has 0 spiro atoms. The Kier molecular flexibility index (Phi) is 2.47. The number of aromatic nitrogens is 2. The largest absolute Gasteiger partial charge is 0.340 e. The van der Waals surface area contributed by atoms with Crippen LogP contribution < -0.4 is 5.32 Å². The van der Waals surface area contributed by atoms with E-state index < -0.39 is 0 Å². The van der Waals surface area contributed by atoms with E-state index in [9.17, 15) is 0 Å². The van der Waals surface area contributed by atoms with Gasteiger partial charge in [-0.2, -0.15) is 4.98 Å². The van der Waals surface area contributed by atoms with Crippen LogP contribution in [0.4, 0.5) is 0 Å². The minimum atomic E-state index is 0.0918. The molecule has 4 heteroatoms. The zero-order valence-electron chi connectivity index (χ0n) is 8.01. The van der Waals surface area contributed by atoms with E-state index in [1.54, 1.807) is 6.92 Å². The van der Waals surface area contributed by atoms with Crippen LogP contribution in [0.3, 0.4) is 0 Å². The highest BCUT2D eigenvalue weighted by molar-refractivity contribution is 4.85. The van der Waals surface area contributed by atoms with Gasteiger partial charge in [0.25, 0.3) is 0 Å². The molecule has 1 aromatic rings. The molecule has 12 heavy (non-hydrogen) atoms. The zero-order chi connectivity index (χ0) is 9.19. The van der Waals surface area contributed by atoms with Crippen LogP contribution in [0.15, 0.2) is 4.52 Å². The summed E-state index contributed by atoms with van der Waals surface area (Å²) in [7, 11) is 0. The summed E-state index contributed by atoms with van der Waals surface area (Å²) in [6.45, 7) is 8.73. The predicted octanol–water partition coefficient (Wildman–Crippen LogP) is 1.27. The maximum atomic E-state index is 4.83. The number of nitrogens with one attached hydrogen (secondary N) is 1. The van der Waals surface area contributed by atoms with E-state index in [1.807, 2.05) is 0 Å². The van der Waals surface area contributed by atoms with E-state index >= 15 is 0 Å². The van der Waals surface area contributed by atoms with Gasteiger partial charge in [-0.1, -0.05) is 5.16 Å². The SMILES string of the molecule is Cc1nc(CNC(C)(C)C)no1. The minimum Gasteiger partial charge on any atom is -0.340 e. The van der Waals surface area contributed by atoms with Crippen molar-refractivity contribution >= 4 is 0 Å². The fourth-order valence-electron chi connectivity index (χ4n) is 0.757. The second kappa shape index (κ2) is 3.23. The first kappa shape index (κ1) is 9.19. The Balaban J connectivity index is 2.44. The highest BCUT2D eigenvalue weighted by Gasteiger charge is 2.10. The van der Waals surface area contributed by atoms with Crippen molar-refractivity contribution in [2.45, 2.75) is 39.8 Å². The van der Waals surface area contributed by atoms with Gasteiger partial charge >= 0.3 is 0 Å². The van der Waals surface area contributed by atoms with E-state index in [0.717, 1.165) is 0 Å². The van der Waals surface area contributed by atoms with Gasteiger partial charge in [0.1, 0.15) is 0 Å². The van der Waals surface area contributed by atoms with Crippen LogP contribution in [-0.4, -0.2) is 15.7 Å². The Morgan fingerprint density at radius 2 is 2.08 bits per heavy atom. The molecule has 0 radical (unpaired) electrons. The molecule has 1 N–H and O–H groups in total. The topological polar surface area (TPSA) is 51.0 Å². The van der Waals surface area contributed by atoms with Gasteiger partial charge in [-0.15, -0.1) is 0 Å². The summed E-state index contributed by atoms with van der Waals surface area (Å²) in [5.74, 6) is 1.32. The third kappa shape index (κ3) is 3.00. The van der Waals surface area contributed by atoms with Crippen molar-refractivity contribution < 1.29 is 4.52 Å². The molecule has 4 nitrogen and oxygen atoms in total. The van der Waals surface area contributed by atoms with Crippen LogP contribution in [0.1, 0.15) is 32.5 Å². The molecular weight excluding hydrogens is 154 g/mol. The van der Waals surface area contributed by atoms with Crippen LogP contribution >= 0.6 is 0 Å². The Hall–Kier alpha value is -0.900. The second-order valence-corrected chi connectivity index (χ2v) is 3.83. The summed E-state index contributed by atoms with van der Waals surface area (Å²) in [4.78, 5) is 4.07. The molecule has 1 rings (SSSR count). The monoisotopic (exact) mass is 169 g/mol. The Morgan fingerprint density at radius 3 is 2.50 bits per heavy atom. The lowest BCUT2D eigenvalue weighted by Crippen LogP contribution is -2.35. The molecule has 0 unspecified atom stereocenters. The van der Waals surface area contributed by atoms with Crippen molar-refractivity contribution in [1.82, 2.24) is 15.5 Å². The second-order valence-electron chi connectivity index (χ2n) is 3.83. The van der Waals surface area contributed by atoms with Crippen molar-refractivity contribution in [1.29, 1.82) is 0 Å². The smallest absolute Gasteiger partial charge is 0.223 e. The molecule has 0 fully saturated rings. The molecule has 0 saturated heterocycles. The average Bonchev–Trinajstić information content (AvgIpc) is 2.30. The number of hydrogen-bond acceptors (Lipinski definition) is 4. The van der Waals surface area contributed by atoms with E-state index in [4.69, 9.17) is 4.52 Å². The van der Waals surface area contributed by atoms with Gasteiger partial charge in [-0.25, -0.2) is 0 Å². The lowest BCUT2D eigenvalue weighted by atomic mass is 10.1. The molecule has 0 amide bonds.